The van der Waals surface area contributed by atoms with Crippen LogP contribution in [0.25, 0.3) is 5.69 Å². The summed E-state index contributed by atoms with van der Waals surface area (Å²) in [5.41, 5.74) is 1.67. The number of hydrogen-bond donors (Lipinski definition) is 2. The molecule has 0 spiro atoms. The summed E-state index contributed by atoms with van der Waals surface area (Å²) in [6, 6.07) is 9.35. The third-order valence-corrected chi connectivity index (χ3v) is 3.37. The summed E-state index contributed by atoms with van der Waals surface area (Å²) in [4.78, 5) is 23.0. The van der Waals surface area contributed by atoms with Gasteiger partial charge in [-0.25, -0.2) is 4.68 Å². The van der Waals surface area contributed by atoms with Crippen LogP contribution in [0.5, 0.6) is 0 Å². The fourth-order valence-corrected chi connectivity index (χ4v) is 2.36. The monoisotopic (exact) mass is 320 g/mol. The lowest BCUT2D eigenvalue weighted by atomic mass is 10.2. The van der Waals surface area contributed by atoms with E-state index >= 15 is 0 Å². The summed E-state index contributed by atoms with van der Waals surface area (Å²) in [5.74, 6) is -0.449. The molecular formula is C15H17ClN4O2. The van der Waals surface area contributed by atoms with Gasteiger partial charge in [0.25, 0.3) is 5.91 Å². The Bertz CT molecular complexity index is 682. The van der Waals surface area contributed by atoms with Crippen molar-refractivity contribution in [1.82, 2.24) is 20.4 Å². The van der Waals surface area contributed by atoms with Crippen LogP contribution in [0, 0.1) is 6.92 Å². The Balaban J connectivity index is 2.13. The van der Waals surface area contributed by atoms with E-state index in [0.29, 0.717) is 24.3 Å². The Morgan fingerprint density at radius 3 is 2.45 bits per heavy atom. The van der Waals surface area contributed by atoms with Gasteiger partial charge in [-0.3, -0.25) is 9.59 Å². The zero-order chi connectivity index (χ0) is 16.1. The van der Waals surface area contributed by atoms with Gasteiger partial charge in [-0.05, 0) is 19.1 Å². The Morgan fingerprint density at radius 2 is 1.82 bits per heavy atom. The highest BCUT2D eigenvalue weighted by atomic mass is 35.5. The van der Waals surface area contributed by atoms with E-state index in [4.69, 9.17) is 11.6 Å². The first-order chi connectivity index (χ1) is 10.5. The van der Waals surface area contributed by atoms with Crippen LogP contribution in [-0.4, -0.2) is 34.7 Å². The molecule has 1 aromatic carbocycles. The first kappa shape index (κ1) is 16.0. The average Bonchev–Trinajstić information content (AvgIpc) is 2.79. The number of para-hydroxylation sites is 1. The van der Waals surface area contributed by atoms with Crippen LogP contribution in [0.4, 0.5) is 0 Å². The van der Waals surface area contributed by atoms with Crippen LogP contribution in [0.3, 0.4) is 0 Å². The van der Waals surface area contributed by atoms with Gasteiger partial charge in [0.2, 0.25) is 5.91 Å². The molecule has 2 aromatic rings. The van der Waals surface area contributed by atoms with E-state index in [2.05, 4.69) is 15.7 Å². The minimum Gasteiger partial charge on any atom is -0.355 e. The lowest BCUT2D eigenvalue weighted by Gasteiger charge is -2.06. The SMILES string of the molecule is CC(=O)NCCNC(=O)c1c(C)nn(-c2ccccc2)c1Cl. The molecule has 0 atom stereocenters. The maximum absolute atomic E-state index is 12.2. The second-order valence-corrected chi connectivity index (χ2v) is 5.10. The smallest absolute Gasteiger partial charge is 0.256 e. The van der Waals surface area contributed by atoms with Crippen LogP contribution in [0.1, 0.15) is 23.0 Å². The predicted octanol–water partition coefficient (Wildman–Crippen LogP) is 1.70. The largest absolute Gasteiger partial charge is 0.355 e. The van der Waals surface area contributed by atoms with Crippen molar-refractivity contribution in [3.63, 3.8) is 0 Å². The van der Waals surface area contributed by atoms with Crippen LogP contribution in [-0.2, 0) is 4.79 Å². The molecule has 7 heteroatoms. The zero-order valence-electron chi connectivity index (χ0n) is 12.4. The lowest BCUT2D eigenvalue weighted by Crippen LogP contribution is -2.33. The van der Waals surface area contributed by atoms with Crippen molar-refractivity contribution in [2.24, 2.45) is 0 Å². The number of halogens is 1. The number of amides is 2. The molecule has 0 aliphatic heterocycles. The molecule has 0 bridgehead atoms. The van der Waals surface area contributed by atoms with E-state index in [1.807, 2.05) is 30.3 Å². The molecule has 0 radical (unpaired) electrons. The topological polar surface area (TPSA) is 76.0 Å². The molecule has 6 nitrogen and oxygen atoms in total. The Kier molecular flexibility index (Phi) is 5.16. The van der Waals surface area contributed by atoms with E-state index in [0.717, 1.165) is 5.69 Å². The number of rotatable bonds is 5. The molecule has 0 fully saturated rings. The van der Waals surface area contributed by atoms with Gasteiger partial charge in [0.1, 0.15) is 5.15 Å². The second-order valence-electron chi connectivity index (χ2n) is 4.74. The third kappa shape index (κ3) is 3.65. The number of aryl methyl sites for hydroxylation is 1. The summed E-state index contributed by atoms with van der Waals surface area (Å²) >= 11 is 6.29. The van der Waals surface area contributed by atoms with Crippen molar-refractivity contribution in [2.75, 3.05) is 13.1 Å². The summed E-state index contributed by atoms with van der Waals surface area (Å²) < 4.78 is 1.53. The number of carbonyl (C=O) groups is 2. The van der Waals surface area contributed by atoms with E-state index < -0.39 is 0 Å². The van der Waals surface area contributed by atoms with E-state index in [-0.39, 0.29) is 17.0 Å². The van der Waals surface area contributed by atoms with Gasteiger partial charge in [0.05, 0.1) is 16.9 Å². The van der Waals surface area contributed by atoms with Crippen molar-refractivity contribution in [1.29, 1.82) is 0 Å². The first-order valence-electron chi connectivity index (χ1n) is 6.84. The molecule has 2 amide bonds. The number of benzene rings is 1. The number of nitrogens with one attached hydrogen (secondary N) is 2. The standard InChI is InChI=1S/C15H17ClN4O2/c1-10-13(15(22)18-9-8-17-11(2)21)14(16)20(19-10)12-6-4-3-5-7-12/h3-7H,8-9H2,1-2H3,(H,17,21)(H,18,22). The molecule has 2 rings (SSSR count). The Morgan fingerprint density at radius 1 is 1.18 bits per heavy atom. The normalized spacial score (nSPS) is 10.3. The van der Waals surface area contributed by atoms with Gasteiger partial charge >= 0.3 is 0 Å². The maximum atomic E-state index is 12.2. The molecule has 116 valence electrons. The van der Waals surface area contributed by atoms with Crippen molar-refractivity contribution in [2.45, 2.75) is 13.8 Å². The molecule has 0 unspecified atom stereocenters. The van der Waals surface area contributed by atoms with Gasteiger partial charge < -0.3 is 10.6 Å². The first-order valence-corrected chi connectivity index (χ1v) is 7.21. The molecule has 22 heavy (non-hydrogen) atoms. The van der Waals surface area contributed by atoms with Crippen LogP contribution < -0.4 is 10.6 Å². The number of aromatic nitrogens is 2. The fraction of sp³-hybridized carbons (Fsp3) is 0.267. The molecule has 0 aliphatic carbocycles. The highest BCUT2D eigenvalue weighted by Crippen LogP contribution is 2.23. The summed E-state index contributed by atoms with van der Waals surface area (Å²) in [7, 11) is 0. The highest BCUT2D eigenvalue weighted by molar-refractivity contribution is 6.33. The molecule has 1 aromatic heterocycles. The number of hydrogen-bond acceptors (Lipinski definition) is 3. The number of carbonyl (C=O) groups excluding carboxylic acids is 2. The quantitative estimate of drug-likeness (QED) is 0.823. The number of nitrogens with zero attached hydrogens (tertiary/aromatic N) is 2. The zero-order valence-corrected chi connectivity index (χ0v) is 13.1. The summed E-state index contributed by atoms with van der Waals surface area (Å²) in [6.07, 6.45) is 0. The van der Waals surface area contributed by atoms with Crippen molar-refractivity contribution < 1.29 is 9.59 Å². The molecule has 0 aliphatic rings. The molecule has 1 heterocycles. The minimum atomic E-state index is -0.310. The molecular weight excluding hydrogens is 304 g/mol. The minimum absolute atomic E-state index is 0.139. The van der Waals surface area contributed by atoms with Gasteiger partial charge in [-0.15, -0.1) is 0 Å². The van der Waals surface area contributed by atoms with Crippen LogP contribution in [0.2, 0.25) is 5.15 Å². The molecule has 0 saturated carbocycles. The maximum Gasteiger partial charge on any atom is 0.256 e. The van der Waals surface area contributed by atoms with Crippen molar-refractivity contribution in [3.05, 3.63) is 46.7 Å². The summed E-state index contributed by atoms with van der Waals surface area (Å²) in [5, 5.41) is 9.89. The van der Waals surface area contributed by atoms with E-state index in [9.17, 15) is 9.59 Å². The molecule has 0 saturated heterocycles. The predicted molar refractivity (Wildman–Crippen MR) is 84.3 cm³/mol. The highest BCUT2D eigenvalue weighted by Gasteiger charge is 2.20. The average molecular weight is 321 g/mol. The van der Waals surface area contributed by atoms with E-state index in [1.54, 1.807) is 6.92 Å². The fourth-order valence-electron chi connectivity index (χ4n) is 2.00. The van der Waals surface area contributed by atoms with Crippen molar-refractivity contribution in [3.8, 4) is 5.69 Å². The van der Waals surface area contributed by atoms with Crippen LogP contribution >= 0.6 is 11.6 Å². The van der Waals surface area contributed by atoms with Crippen LogP contribution in [0.15, 0.2) is 30.3 Å². The van der Waals surface area contributed by atoms with Gasteiger partial charge in [-0.1, -0.05) is 29.8 Å². The van der Waals surface area contributed by atoms with Crippen molar-refractivity contribution >= 4 is 23.4 Å². The lowest BCUT2D eigenvalue weighted by molar-refractivity contribution is -0.118. The third-order valence-electron chi connectivity index (χ3n) is 3.02. The molecule has 2 N–H and O–H groups in total. The Hall–Kier alpha value is -2.34. The van der Waals surface area contributed by atoms with Gasteiger partial charge in [0, 0.05) is 20.0 Å². The van der Waals surface area contributed by atoms with Gasteiger partial charge in [0.15, 0.2) is 0 Å². The van der Waals surface area contributed by atoms with Gasteiger partial charge in [-0.2, -0.15) is 5.10 Å². The summed E-state index contributed by atoms with van der Waals surface area (Å²) in [6.45, 7) is 3.84. The van der Waals surface area contributed by atoms with E-state index in [1.165, 1.54) is 11.6 Å². The Labute approximate surface area is 133 Å². The second kappa shape index (κ2) is 7.09.